The summed E-state index contributed by atoms with van der Waals surface area (Å²) in [4.78, 5) is 0.372. The van der Waals surface area contributed by atoms with Crippen LogP contribution in [0.15, 0.2) is 34.1 Å². The molecular weight excluding hydrogens is 384 g/mol. The summed E-state index contributed by atoms with van der Waals surface area (Å²) in [5, 5.41) is 5.07. The first-order valence-electron chi connectivity index (χ1n) is 8.54. The molecule has 0 bridgehead atoms. The van der Waals surface area contributed by atoms with E-state index < -0.39 is 20.0 Å². The lowest BCUT2D eigenvalue weighted by molar-refractivity contribution is 0.580. The molecule has 0 fully saturated rings. The van der Waals surface area contributed by atoms with Gasteiger partial charge in [0, 0.05) is 6.54 Å². The van der Waals surface area contributed by atoms with Crippen molar-refractivity contribution in [3.05, 3.63) is 57.6 Å². The van der Waals surface area contributed by atoms with Gasteiger partial charge in [0.05, 0.1) is 9.79 Å². The fourth-order valence-electron chi connectivity index (χ4n) is 3.12. The van der Waals surface area contributed by atoms with E-state index in [1.165, 1.54) is 12.1 Å². The summed E-state index contributed by atoms with van der Waals surface area (Å²) < 4.78 is 50.9. The highest BCUT2D eigenvalue weighted by Gasteiger charge is 2.23. The van der Waals surface area contributed by atoms with E-state index in [0.717, 1.165) is 33.4 Å². The predicted molar refractivity (Wildman–Crippen MR) is 107 cm³/mol. The SMILES string of the molecule is Cc1c(C)c(C)c(S(=O)(=O)NCCc2ccc(S(N)(=O)=O)cc2)c(C)c1C. The first-order valence-corrected chi connectivity index (χ1v) is 11.6. The van der Waals surface area contributed by atoms with Crippen LogP contribution in [0.3, 0.4) is 0 Å². The van der Waals surface area contributed by atoms with E-state index in [2.05, 4.69) is 4.72 Å². The van der Waals surface area contributed by atoms with E-state index >= 15 is 0 Å². The summed E-state index contributed by atoms with van der Waals surface area (Å²) in [5.41, 5.74) is 5.42. The van der Waals surface area contributed by atoms with Crippen molar-refractivity contribution < 1.29 is 16.8 Å². The highest BCUT2D eigenvalue weighted by atomic mass is 32.2. The Kier molecular flexibility index (Phi) is 6.16. The average Bonchev–Trinajstić information content (AvgIpc) is 2.57. The molecule has 3 N–H and O–H groups in total. The van der Waals surface area contributed by atoms with Crippen molar-refractivity contribution in [3.63, 3.8) is 0 Å². The van der Waals surface area contributed by atoms with E-state index in [-0.39, 0.29) is 11.4 Å². The molecule has 0 heterocycles. The summed E-state index contributed by atoms with van der Waals surface area (Å²) >= 11 is 0. The van der Waals surface area contributed by atoms with Gasteiger partial charge in [-0.1, -0.05) is 12.1 Å². The summed E-state index contributed by atoms with van der Waals surface area (Å²) in [6, 6.07) is 6.09. The largest absolute Gasteiger partial charge is 0.241 e. The van der Waals surface area contributed by atoms with Gasteiger partial charge in [0.25, 0.3) is 0 Å². The van der Waals surface area contributed by atoms with E-state index in [1.807, 2.05) is 34.6 Å². The first-order chi connectivity index (χ1) is 12.4. The van der Waals surface area contributed by atoms with E-state index in [4.69, 9.17) is 5.14 Å². The van der Waals surface area contributed by atoms with Crippen LogP contribution < -0.4 is 9.86 Å². The molecule has 0 unspecified atom stereocenters. The Morgan fingerprint density at radius 3 is 1.67 bits per heavy atom. The van der Waals surface area contributed by atoms with Gasteiger partial charge in [-0.3, -0.25) is 0 Å². The first kappa shape index (κ1) is 21.6. The van der Waals surface area contributed by atoms with Crippen LogP contribution in [0.2, 0.25) is 0 Å². The number of nitrogens with two attached hydrogens (primary N) is 1. The molecule has 0 saturated heterocycles. The summed E-state index contributed by atoms with van der Waals surface area (Å²) in [5.74, 6) is 0. The maximum absolute atomic E-state index is 12.9. The Labute approximate surface area is 161 Å². The van der Waals surface area contributed by atoms with Gasteiger partial charge in [-0.25, -0.2) is 26.7 Å². The van der Waals surface area contributed by atoms with E-state index in [0.29, 0.717) is 11.3 Å². The molecule has 0 aliphatic rings. The molecule has 0 saturated carbocycles. The summed E-state index contributed by atoms with van der Waals surface area (Å²) in [6.07, 6.45) is 0.437. The second-order valence-electron chi connectivity index (χ2n) is 6.79. The molecule has 0 radical (unpaired) electrons. The minimum absolute atomic E-state index is 0.0312. The minimum Gasteiger partial charge on any atom is -0.225 e. The topological polar surface area (TPSA) is 106 Å². The number of nitrogens with one attached hydrogen (secondary N) is 1. The van der Waals surface area contributed by atoms with Crippen molar-refractivity contribution in [2.75, 3.05) is 6.54 Å². The van der Waals surface area contributed by atoms with Crippen LogP contribution >= 0.6 is 0 Å². The molecule has 148 valence electrons. The number of sulfonamides is 2. The number of hydrogen-bond acceptors (Lipinski definition) is 4. The lowest BCUT2D eigenvalue weighted by Crippen LogP contribution is -2.28. The van der Waals surface area contributed by atoms with Gasteiger partial charge in [-0.2, -0.15) is 0 Å². The van der Waals surface area contributed by atoms with Crippen LogP contribution in [0, 0.1) is 34.6 Å². The van der Waals surface area contributed by atoms with Crippen molar-refractivity contribution in [2.45, 2.75) is 50.8 Å². The van der Waals surface area contributed by atoms with Crippen molar-refractivity contribution >= 4 is 20.0 Å². The van der Waals surface area contributed by atoms with E-state index in [9.17, 15) is 16.8 Å². The van der Waals surface area contributed by atoms with Gasteiger partial charge in [-0.15, -0.1) is 0 Å². The minimum atomic E-state index is -3.73. The maximum atomic E-state index is 12.9. The lowest BCUT2D eigenvalue weighted by Gasteiger charge is -2.19. The van der Waals surface area contributed by atoms with Crippen LogP contribution in [0.1, 0.15) is 33.4 Å². The Morgan fingerprint density at radius 1 is 0.778 bits per heavy atom. The third kappa shape index (κ3) is 4.57. The second kappa shape index (κ2) is 7.71. The number of primary sulfonamides is 1. The molecule has 0 amide bonds. The molecule has 6 nitrogen and oxygen atoms in total. The zero-order valence-electron chi connectivity index (χ0n) is 16.3. The van der Waals surface area contributed by atoms with Crippen molar-refractivity contribution in [2.24, 2.45) is 5.14 Å². The highest BCUT2D eigenvalue weighted by Crippen LogP contribution is 2.29. The number of rotatable bonds is 6. The van der Waals surface area contributed by atoms with Gasteiger partial charge in [0.1, 0.15) is 0 Å². The normalized spacial score (nSPS) is 12.4. The van der Waals surface area contributed by atoms with Gasteiger partial charge in [-0.05, 0) is 86.6 Å². The smallest absolute Gasteiger partial charge is 0.225 e. The molecule has 8 heteroatoms. The molecule has 0 atom stereocenters. The van der Waals surface area contributed by atoms with Crippen molar-refractivity contribution in [1.29, 1.82) is 0 Å². The van der Waals surface area contributed by atoms with Crippen LogP contribution in [0.25, 0.3) is 0 Å². The summed E-state index contributed by atoms with van der Waals surface area (Å²) in [7, 11) is -7.38. The second-order valence-corrected chi connectivity index (χ2v) is 10.1. The van der Waals surface area contributed by atoms with E-state index in [1.54, 1.807) is 12.1 Å². The molecule has 0 aliphatic carbocycles. The molecule has 0 aliphatic heterocycles. The molecule has 2 rings (SSSR count). The maximum Gasteiger partial charge on any atom is 0.241 e. The predicted octanol–water partition coefficient (Wildman–Crippen LogP) is 2.40. The molecule has 0 spiro atoms. The monoisotopic (exact) mass is 410 g/mol. The van der Waals surface area contributed by atoms with Gasteiger partial charge in [0.2, 0.25) is 20.0 Å². The van der Waals surface area contributed by atoms with Crippen LogP contribution in [-0.2, 0) is 26.5 Å². The third-order valence-electron chi connectivity index (χ3n) is 5.16. The van der Waals surface area contributed by atoms with Gasteiger partial charge >= 0.3 is 0 Å². The Hall–Kier alpha value is -1.74. The lowest BCUT2D eigenvalue weighted by atomic mass is 9.95. The fraction of sp³-hybridized carbons (Fsp3) is 0.368. The van der Waals surface area contributed by atoms with Crippen LogP contribution in [0.5, 0.6) is 0 Å². The quantitative estimate of drug-likeness (QED) is 0.762. The Bertz CT molecular complexity index is 1040. The molecule has 0 aromatic heterocycles. The van der Waals surface area contributed by atoms with Gasteiger partial charge < -0.3 is 0 Å². The van der Waals surface area contributed by atoms with Crippen LogP contribution in [-0.4, -0.2) is 23.4 Å². The van der Waals surface area contributed by atoms with Crippen molar-refractivity contribution in [1.82, 2.24) is 4.72 Å². The van der Waals surface area contributed by atoms with Crippen molar-refractivity contribution in [3.8, 4) is 0 Å². The molecule has 2 aromatic rings. The molecule has 2 aromatic carbocycles. The summed E-state index contributed by atoms with van der Waals surface area (Å²) in [6.45, 7) is 9.73. The third-order valence-corrected chi connectivity index (χ3v) is 7.82. The zero-order valence-corrected chi connectivity index (χ0v) is 17.9. The zero-order chi connectivity index (χ0) is 20.6. The van der Waals surface area contributed by atoms with Gasteiger partial charge in [0.15, 0.2) is 0 Å². The fourth-order valence-corrected chi connectivity index (χ4v) is 5.26. The molecular formula is C19H26N2O4S2. The Balaban J connectivity index is 2.19. The number of hydrogen-bond donors (Lipinski definition) is 2. The number of benzene rings is 2. The Morgan fingerprint density at radius 2 is 1.22 bits per heavy atom. The average molecular weight is 411 g/mol. The van der Waals surface area contributed by atoms with Crippen LogP contribution in [0.4, 0.5) is 0 Å². The molecule has 27 heavy (non-hydrogen) atoms. The highest BCUT2D eigenvalue weighted by molar-refractivity contribution is 7.89. The standard InChI is InChI=1S/C19H26N2O4S2/c1-12-13(2)15(4)19(16(5)14(12)3)27(24,25)21-11-10-17-6-8-18(9-7-17)26(20,22)23/h6-9,21H,10-11H2,1-5H3,(H2,20,22,23).